The zero-order valence-corrected chi connectivity index (χ0v) is 12.9. The van der Waals surface area contributed by atoms with Gasteiger partial charge in [0.15, 0.2) is 5.13 Å². The van der Waals surface area contributed by atoms with Crippen molar-refractivity contribution in [1.82, 2.24) is 9.97 Å². The van der Waals surface area contributed by atoms with Crippen LogP contribution in [0.1, 0.15) is 10.4 Å². The summed E-state index contributed by atoms with van der Waals surface area (Å²) in [5, 5.41) is 3.46. The molecule has 0 spiro atoms. The lowest BCUT2D eigenvalue weighted by Gasteiger charge is -2.04. The third kappa shape index (κ3) is 3.56. The molecule has 1 aromatic carbocycles. The summed E-state index contributed by atoms with van der Waals surface area (Å²) in [4.78, 5) is 21.5. The average Bonchev–Trinajstić information content (AvgIpc) is 2.94. The zero-order valence-electron chi connectivity index (χ0n) is 12.1. The quantitative estimate of drug-likeness (QED) is 0.799. The summed E-state index contributed by atoms with van der Waals surface area (Å²) in [7, 11) is 0. The summed E-state index contributed by atoms with van der Waals surface area (Å²) in [6, 6.07) is 13.7. The fourth-order valence-corrected chi connectivity index (χ4v) is 2.77. The van der Waals surface area contributed by atoms with Gasteiger partial charge in [-0.05, 0) is 24.6 Å². The van der Waals surface area contributed by atoms with Crippen molar-refractivity contribution >= 4 is 22.4 Å². The standard InChI is InChI=1S/C17H15N3OS/c1-12-11-19-17(22-12)20-16(21)10-13-5-7-14(8-6-13)15-4-2-3-9-18-15/h2-9,11H,10H2,1H3,(H,19,20,21). The van der Waals surface area contributed by atoms with Gasteiger partial charge in [0.05, 0.1) is 12.1 Å². The number of amides is 1. The van der Waals surface area contributed by atoms with Crippen LogP contribution in [-0.4, -0.2) is 15.9 Å². The number of rotatable bonds is 4. The summed E-state index contributed by atoms with van der Waals surface area (Å²) in [6.07, 6.45) is 3.86. The summed E-state index contributed by atoms with van der Waals surface area (Å²) in [5.74, 6) is -0.0556. The molecule has 1 amide bonds. The minimum atomic E-state index is -0.0556. The van der Waals surface area contributed by atoms with Gasteiger partial charge in [-0.3, -0.25) is 9.78 Å². The van der Waals surface area contributed by atoms with Gasteiger partial charge in [0.1, 0.15) is 0 Å². The first-order valence-corrected chi connectivity index (χ1v) is 7.75. The van der Waals surface area contributed by atoms with Crippen LogP contribution in [0.4, 0.5) is 5.13 Å². The highest BCUT2D eigenvalue weighted by Gasteiger charge is 2.07. The maximum Gasteiger partial charge on any atom is 0.230 e. The maximum atomic E-state index is 12.0. The number of benzene rings is 1. The van der Waals surface area contributed by atoms with E-state index >= 15 is 0 Å². The van der Waals surface area contributed by atoms with Crippen molar-refractivity contribution in [1.29, 1.82) is 0 Å². The van der Waals surface area contributed by atoms with Crippen molar-refractivity contribution < 1.29 is 4.79 Å². The molecule has 3 aromatic rings. The van der Waals surface area contributed by atoms with E-state index in [1.165, 1.54) is 11.3 Å². The predicted molar refractivity (Wildman–Crippen MR) is 88.9 cm³/mol. The largest absolute Gasteiger partial charge is 0.302 e. The average molecular weight is 309 g/mol. The molecule has 0 bridgehead atoms. The molecular weight excluding hydrogens is 294 g/mol. The maximum absolute atomic E-state index is 12.0. The normalized spacial score (nSPS) is 10.4. The first-order valence-electron chi connectivity index (χ1n) is 6.93. The molecule has 0 atom stereocenters. The highest BCUT2D eigenvalue weighted by atomic mass is 32.1. The van der Waals surface area contributed by atoms with Gasteiger partial charge in [0.2, 0.25) is 5.91 Å². The van der Waals surface area contributed by atoms with Crippen LogP contribution in [0, 0.1) is 6.92 Å². The van der Waals surface area contributed by atoms with Crippen molar-refractivity contribution in [2.45, 2.75) is 13.3 Å². The topological polar surface area (TPSA) is 54.9 Å². The van der Waals surface area contributed by atoms with E-state index in [0.29, 0.717) is 11.6 Å². The number of nitrogens with one attached hydrogen (secondary N) is 1. The Morgan fingerprint density at radius 1 is 1.14 bits per heavy atom. The second-order valence-electron chi connectivity index (χ2n) is 4.91. The molecule has 0 aliphatic heterocycles. The molecule has 0 unspecified atom stereocenters. The molecule has 4 nitrogen and oxygen atoms in total. The Morgan fingerprint density at radius 2 is 1.95 bits per heavy atom. The van der Waals surface area contributed by atoms with Crippen LogP contribution in [-0.2, 0) is 11.2 Å². The SMILES string of the molecule is Cc1cnc(NC(=O)Cc2ccc(-c3ccccn3)cc2)s1. The van der Waals surface area contributed by atoms with Gasteiger partial charge in [-0.15, -0.1) is 11.3 Å². The lowest BCUT2D eigenvalue weighted by atomic mass is 10.1. The summed E-state index contributed by atoms with van der Waals surface area (Å²) < 4.78 is 0. The van der Waals surface area contributed by atoms with Crippen LogP contribution in [0.2, 0.25) is 0 Å². The minimum Gasteiger partial charge on any atom is -0.302 e. The Balaban J connectivity index is 1.65. The van der Waals surface area contributed by atoms with E-state index in [4.69, 9.17) is 0 Å². The molecule has 2 heterocycles. The van der Waals surface area contributed by atoms with E-state index in [9.17, 15) is 4.79 Å². The number of hydrogen-bond acceptors (Lipinski definition) is 4. The molecule has 5 heteroatoms. The number of anilines is 1. The Hall–Kier alpha value is -2.53. The van der Waals surface area contributed by atoms with Gasteiger partial charge < -0.3 is 5.32 Å². The molecule has 0 radical (unpaired) electrons. The fourth-order valence-electron chi connectivity index (χ4n) is 2.09. The Kier molecular flexibility index (Phi) is 4.25. The van der Waals surface area contributed by atoms with Gasteiger partial charge in [-0.2, -0.15) is 0 Å². The first-order chi connectivity index (χ1) is 10.7. The highest BCUT2D eigenvalue weighted by Crippen LogP contribution is 2.19. The predicted octanol–water partition coefficient (Wildman–Crippen LogP) is 3.69. The summed E-state index contributed by atoms with van der Waals surface area (Å²) >= 11 is 1.48. The van der Waals surface area contributed by atoms with Gasteiger partial charge in [0, 0.05) is 22.8 Å². The van der Waals surface area contributed by atoms with E-state index in [1.54, 1.807) is 12.4 Å². The molecule has 0 saturated carbocycles. The summed E-state index contributed by atoms with van der Waals surface area (Å²) in [5.41, 5.74) is 2.93. The molecule has 2 aromatic heterocycles. The molecule has 110 valence electrons. The van der Waals surface area contributed by atoms with E-state index in [0.717, 1.165) is 21.7 Å². The van der Waals surface area contributed by atoms with Crippen LogP contribution < -0.4 is 5.32 Å². The molecule has 0 saturated heterocycles. The molecule has 22 heavy (non-hydrogen) atoms. The molecular formula is C17H15N3OS. The van der Waals surface area contributed by atoms with E-state index in [2.05, 4.69) is 15.3 Å². The Bertz CT molecular complexity index is 766. The lowest BCUT2D eigenvalue weighted by molar-refractivity contribution is -0.115. The number of nitrogens with zero attached hydrogens (tertiary/aromatic N) is 2. The molecule has 3 rings (SSSR count). The number of carbonyl (C=O) groups is 1. The Labute approximate surface area is 132 Å². The number of thiazole rings is 1. The fraction of sp³-hybridized carbons (Fsp3) is 0.118. The first kappa shape index (κ1) is 14.4. The second kappa shape index (κ2) is 6.49. The third-order valence-corrected chi connectivity index (χ3v) is 3.98. The highest BCUT2D eigenvalue weighted by molar-refractivity contribution is 7.15. The van der Waals surface area contributed by atoms with E-state index in [1.807, 2.05) is 49.4 Å². The molecule has 0 fully saturated rings. The van der Waals surface area contributed by atoms with Gasteiger partial charge in [-0.1, -0.05) is 30.3 Å². The second-order valence-corrected chi connectivity index (χ2v) is 6.15. The molecule has 1 N–H and O–H groups in total. The number of aromatic nitrogens is 2. The van der Waals surface area contributed by atoms with Crippen LogP contribution in [0.5, 0.6) is 0 Å². The third-order valence-electron chi connectivity index (χ3n) is 3.15. The van der Waals surface area contributed by atoms with Crippen molar-refractivity contribution in [2.24, 2.45) is 0 Å². The van der Waals surface area contributed by atoms with Crippen LogP contribution >= 0.6 is 11.3 Å². The van der Waals surface area contributed by atoms with Gasteiger partial charge >= 0.3 is 0 Å². The van der Waals surface area contributed by atoms with Crippen molar-refractivity contribution in [3.05, 3.63) is 65.3 Å². The number of pyridine rings is 1. The monoisotopic (exact) mass is 309 g/mol. The molecule has 0 aliphatic carbocycles. The van der Waals surface area contributed by atoms with Crippen LogP contribution in [0.3, 0.4) is 0 Å². The number of carbonyl (C=O) groups excluding carboxylic acids is 1. The van der Waals surface area contributed by atoms with Crippen molar-refractivity contribution in [3.8, 4) is 11.3 Å². The van der Waals surface area contributed by atoms with Gasteiger partial charge in [-0.25, -0.2) is 4.98 Å². The minimum absolute atomic E-state index is 0.0556. The van der Waals surface area contributed by atoms with Crippen LogP contribution in [0.15, 0.2) is 54.9 Å². The van der Waals surface area contributed by atoms with E-state index in [-0.39, 0.29) is 5.91 Å². The van der Waals surface area contributed by atoms with Crippen molar-refractivity contribution in [2.75, 3.05) is 5.32 Å². The van der Waals surface area contributed by atoms with Gasteiger partial charge in [0.25, 0.3) is 0 Å². The zero-order chi connectivity index (χ0) is 15.4. The smallest absolute Gasteiger partial charge is 0.230 e. The Morgan fingerprint density at radius 3 is 2.59 bits per heavy atom. The van der Waals surface area contributed by atoms with Crippen molar-refractivity contribution in [3.63, 3.8) is 0 Å². The number of aryl methyl sites for hydroxylation is 1. The molecule has 0 aliphatic rings. The lowest BCUT2D eigenvalue weighted by Crippen LogP contribution is -2.14. The number of hydrogen-bond donors (Lipinski definition) is 1. The van der Waals surface area contributed by atoms with E-state index < -0.39 is 0 Å². The summed E-state index contributed by atoms with van der Waals surface area (Å²) in [6.45, 7) is 1.96. The van der Waals surface area contributed by atoms with Crippen LogP contribution in [0.25, 0.3) is 11.3 Å².